The quantitative estimate of drug-likeness (QED) is 0.903. The fourth-order valence-corrected chi connectivity index (χ4v) is 2.62. The molecule has 0 saturated carbocycles. The molecule has 1 amide bonds. The van der Waals surface area contributed by atoms with E-state index >= 15 is 0 Å². The summed E-state index contributed by atoms with van der Waals surface area (Å²) in [6.07, 6.45) is 1.62. The Labute approximate surface area is 113 Å². The van der Waals surface area contributed by atoms with Crippen molar-refractivity contribution in [1.82, 2.24) is 0 Å². The largest absolute Gasteiger partial charge is 0.383 e. The average molecular weight is 260 g/mol. The van der Waals surface area contributed by atoms with E-state index in [9.17, 15) is 4.79 Å². The molecular weight excluding hydrogens is 240 g/mol. The molecule has 2 saturated heterocycles. The van der Waals surface area contributed by atoms with Crippen molar-refractivity contribution in [3.05, 3.63) is 24.3 Å². The molecule has 0 spiro atoms. The number of anilines is 2. The van der Waals surface area contributed by atoms with Gasteiger partial charge in [-0.2, -0.15) is 0 Å². The number of nitrogens with one attached hydrogen (secondary N) is 1. The van der Waals surface area contributed by atoms with E-state index in [-0.39, 0.29) is 11.3 Å². The lowest BCUT2D eigenvalue weighted by atomic mass is 9.88. The molecule has 4 heteroatoms. The number of carbonyl (C=O) groups is 1. The first kappa shape index (κ1) is 12.5. The molecule has 0 atom stereocenters. The summed E-state index contributed by atoms with van der Waals surface area (Å²) in [6, 6.07) is 8.06. The highest BCUT2D eigenvalue weighted by molar-refractivity contribution is 5.98. The van der Waals surface area contributed by atoms with Crippen molar-refractivity contribution < 1.29 is 9.53 Å². The van der Waals surface area contributed by atoms with Crippen LogP contribution in [0.5, 0.6) is 0 Å². The molecule has 102 valence electrons. The Kier molecular flexibility index (Phi) is 3.19. The molecule has 0 aliphatic carbocycles. The molecule has 0 aromatic heterocycles. The lowest BCUT2D eigenvalue weighted by molar-refractivity contribution is -0.117. The molecule has 4 nitrogen and oxygen atoms in total. The van der Waals surface area contributed by atoms with E-state index in [4.69, 9.17) is 4.74 Å². The third kappa shape index (κ3) is 2.45. The molecule has 1 aromatic carbocycles. The van der Waals surface area contributed by atoms with Crippen LogP contribution in [0, 0.1) is 5.41 Å². The van der Waals surface area contributed by atoms with Gasteiger partial charge in [-0.05, 0) is 18.6 Å². The summed E-state index contributed by atoms with van der Waals surface area (Å²) < 4.78 is 5.27. The van der Waals surface area contributed by atoms with E-state index in [0.717, 1.165) is 44.1 Å². The number of rotatable bonds is 4. The number of hydrogen-bond acceptors (Lipinski definition) is 3. The van der Waals surface area contributed by atoms with Crippen LogP contribution in [-0.4, -0.2) is 32.2 Å². The number of ether oxygens (including phenoxy) is 1. The average Bonchev–Trinajstić information content (AvgIpc) is 2.81. The van der Waals surface area contributed by atoms with Gasteiger partial charge in [0.1, 0.15) is 0 Å². The zero-order chi connectivity index (χ0) is 13.3. The molecule has 1 N–H and O–H groups in total. The summed E-state index contributed by atoms with van der Waals surface area (Å²) in [4.78, 5) is 13.8. The van der Waals surface area contributed by atoms with Crippen LogP contribution in [0.25, 0.3) is 0 Å². The Morgan fingerprint density at radius 3 is 2.79 bits per heavy atom. The van der Waals surface area contributed by atoms with E-state index in [1.807, 2.05) is 29.2 Å². The van der Waals surface area contributed by atoms with Crippen LogP contribution in [-0.2, 0) is 9.53 Å². The summed E-state index contributed by atoms with van der Waals surface area (Å²) in [5.41, 5.74) is 2.28. The van der Waals surface area contributed by atoms with Gasteiger partial charge in [-0.15, -0.1) is 0 Å². The van der Waals surface area contributed by atoms with Gasteiger partial charge in [0, 0.05) is 24.9 Å². The highest BCUT2D eigenvalue weighted by Crippen LogP contribution is 2.32. The van der Waals surface area contributed by atoms with Crippen LogP contribution in [0.15, 0.2) is 24.3 Å². The second kappa shape index (κ2) is 4.85. The number of hydrogen-bond donors (Lipinski definition) is 1. The highest BCUT2D eigenvalue weighted by atomic mass is 16.5. The van der Waals surface area contributed by atoms with Gasteiger partial charge < -0.3 is 15.0 Å². The van der Waals surface area contributed by atoms with Crippen LogP contribution in [0.4, 0.5) is 11.4 Å². The van der Waals surface area contributed by atoms with Crippen molar-refractivity contribution in [1.29, 1.82) is 0 Å². The van der Waals surface area contributed by atoms with Crippen LogP contribution in [0.3, 0.4) is 0 Å². The third-order valence-corrected chi connectivity index (χ3v) is 3.87. The maximum absolute atomic E-state index is 11.9. The number of carbonyl (C=O) groups excluding carboxylic acids is 1. The summed E-state index contributed by atoms with van der Waals surface area (Å²) in [7, 11) is 0. The molecule has 2 aliphatic heterocycles. The summed E-state index contributed by atoms with van der Waals surface area (Å²) in [6.45, 7) is 5.55. The number of benzene rings is 1. The molecule has 0 unspecified atom stereocenters. The van der Waals surface area contributed by atoms with Gasteiger partial charge in [-0.1, -0.05) is 19.1 Å². The SMILES string of the molecule is CC1(CNc2ccccc2N2CCCC2=O)COC1. The first-order chi connectivity index (χ1) is 9.18. The van der Waals surface area contributed by atoms with Gasteiger partial charge in [0.15, 0.2) is 0 Å². The molecule has 0 radical (unpaired) electrons. The van der Waals surface area contributed by atoms with E-state index in [1.165, 1.54) is 0 Å². The molecule has 2 fully saturated rings. The van der Waals surface area contributed by atoms with Crippen LogP contribution in [0.1, 0.15) is 19.8 Å². The molecule has 19 heavy (non-hydrogen) atoms. The molecule has 2 aliphatic rings. The smallest absolute Gasteiger partial charge is 0.227 e. The summed E-state index contributed by atoms with van der Waals surface area (Å²) in [5, 5.41) is 3.48. The first-order valence-corrected chi connectivity index (χ1v) is 6.89. The standard InChI is InChI=1S/C15H20N2O2/c1-15(10-19-11-15)9-16-12-5-2-3-6-13(12)17-8-4-7-14(17)18/h2-3,5-6,16H,4,7-11H2,1H3. The van der Waals surface area contributed by atoms with Crippen LogP contribution >= 0.6 is 0 Å². The zero-order valence-electron chi connectivity index (χ0n) is 11.3. The fourth-order valence-electron chi connectivity index (χ4n) is 2.62. The number of nitrogens with zero attached hydrogens (tertiary/aromatic N) is 1. The molecular formula is C15H20N2O2. The van der Waals surface area contributed by atoms with E-state index < -0.39 is 0 Å². The van der Waals surface area contributed by atoms with Gasteiger partial charge in [0.2, 0.25) is 5.91 Å². The van der Waals surface area contributed by atoms with Crippen molar-refractivity contribution in [3.63, 3.8) is 0 Å². The third-order valence-electron chi connectivity index (χ3n) is 3.87. The minimum Gasteiger partial charge on any atom is -0.383 e. The van der Waals surface area contributed by atoms with Gasteiger partial charge >= 0.3 is 0 Å². The van der Waals surface area contributed by atoms with Crippen molar-refractivity contribution in [2.24, 2.45) is 5.41 Å². The predicted molar refractivity (Wildman–Crippen MR) is 75.4 cm³/mol. The second-order valence-corrected chi connectivity index (χ2v) is 5.82. The Morgan fingerprint density at radius 2 is 2.16 bits per heavy atom. The molecule has 2 heterocycles. The van der Waals surface area contributed by atoms with Crippen LogP contribution < -0.4 is 10.2 Å². The Hall–Kier alpha value is -1.55. The van der Waals surface area contributed by atoms with E-state index in [0.29, 0.717) is 6.42 Å². The normalized spacial score (nSPS) is 21.3. The minimum atomic E-state index is 0.224. The Bertz CT molecular complexity index is 483. The molecule has 3 rings (SSSR count). The van der Waals surface area contributed by atoms with Gasteiger partial charge in [0.25, 0.3) is 0 Å². The maximum atomic E-state index is 11.9. The zero-order valence-corrected chi connectivity index (χ0v) is 11.3. The molecule has 1 aromatic rings. The highest BCUT2D eigenvalue weighted by Gasteiger charge is 2.33. The van der Waals surface area contributed by atoms with Gasteiger partial charge in [-0.25, -0.2) is 0 Å². The predicted octanol–water partition coefficient (Wildman–Crippen LogP) is 2.26. The Balaban J connectivity index is 1.75. The minimum absolute atomic E-state index is 0.224. The van der Waals surface area contributed by atoms with Gasteiger partial charge in [0.05, 0.1) is 24.6 Å². The first-order valence-electron chi connectivity index (χ1n) is 6.89. The van der Waals surface area contributed by atoms with Crippen molar-refractivity contribution in [2.45, 2.75) is 19.8 Å². The van der Waals surface area contributed by atoms with Gasteiger partial charge in [-0.3, -0.25) is 4.79 Å². The van der Waals surface area contributed by atoms with Crippen LogP contribution in [0.2, 0.25) is 0 Å². The van der Waals surface area contributed by atoms with Crippen molar-refractivity contribution in [2.75, 3.05) is 36.5 Å². The maximum Gasteiger partial charge on any atom is 0.227 e. The number of amides is 1. The van der Waals surface area contributed by atoms with E-state index in [1.54, 1.807) is 0 Å². The van der Waals surface area contributed by atoms with Crippen molar-refractivity contribution in [3.8, 4) is 0 Å². The second-order valence-electron chi connectivity index (χ2n) is 5.82. The molecule has 0 bridgehead atoms. The lowest BCUT2D eigenvalue weighted by Gasteiger charge is -2.38. The fraction of sp³-hybridized carbons (Fsp3) is 0.533. The summed E-state index contributed by atoms with van der Waals surface area (Å²) >= 11 is 0. The topological polar surface area (TPSA) is 41.6 Å². The monoisotopic (exact) mass is 260 g/mol. The Morgan fingerprint density at radius 1 is 1.37 bits per heavy atom. The van der Waals surface area contributed by atoms with E-state index in [2.05, 4.69) is 12.2 Å². The number of para-hydroxylation sites is 2. The van der Waals surface area contributed by atoms with Crippen molar-refractivity contribution >= 4 is 17.3 Å². The summed E-state index contributed by atoms with van der Waals surface area (Å²) in [5.74, 6) is 0.229. The lowest BCUT2D eigenvalue weighted by Crippen LogP contribution is -2.45.